The number of amides is 1. The van der Waals surface area contributed by atoms with Crippen LogP contribution < -0.4 is 10.6 Å². The summed E-state index contributed by atoms with van der Waals surface area (Å²) in [5, 5.41) is 14.3. The Morgan fingerprint density at radius 3 is 2.79 bits per heavy atom. The van der Waals surface area contributed by atoms with E-state index in [0.29, 0.717) is 13.2 Å². The van der Waals surface area contributed by atoms with Gasteiger partial charge < -0.3 is 25.2 Å². The average molecular weight is 274 g/mol. The van der Waals surface area contributed by atoms with Gasteiger partial charge in [0.1, 0.15) is 12.1 Å². The number of carbonyl (C=O) groups excluding carboxylic acids is 2. The lowest BCUT2D eigenvalue weighted by atomic mass is 10.1. The number of methoxy groups -OCH3 is 1. The third-order valence-electron chi connectivity index (χ3n) is 2.72. The molecule has 8 heteroatoms. The van der Waals surface area contributed by atoms with Crippen LogP contribution in [0.4, 0.5) is 0 Å². The first-order valence-corrected chi connectivity index (χ1v) is 5.95. The maximum atomic E-state index is 11.8. The number of esters is 1. The summed E-state index contributed by atoms with van der Waals surface area (Å²) in [4.78, 5) is 33.8. The van der Waals surface area contributed by atoms with Gasteiger partial charge in [-0.2, -0.15) is 0 Å². The lowest BCUT2D eigenvalue weighted by molar-refractivity contribution is -0.144. The minimum atomic E-state index is -1.19. The SMILES string of the molecule is COC(=O)CC[C@@H](NC(=O)C1COCCN1)C(=O)O. The molecular formula is C11H18N2O6. The Balaban J connectivity index is 2.45. The summed E-state index contributed by atoms with van der Waals surface area (Å²) >= 11 is 0. The van der Waals surface area contributed by atoms with Crippen LogP contribution in [0.25, 0.3) is 0 Å². The minimum Gasteiger partial charge on any atom is -0.480 e. The van der Waals surface area contributed by atoms with Crippen molar-refractivity contribution >= 4 is 17.8 Å². The summed E-state index contributed by atoms with van der Waals surface area (Å²) in [7, 11) is 1.22. The summed E-state index contributed by atoms with van der Waals surface area (Å²) in [6.07, 6.45) is -0.0797. The number of hydrogen-bond donors (Lipinski definition) is 3. The van der Waals surface area contributed by atoms with E-state index in [-0.39, 0.29) is 19.4 Å². The number of rotatable bonds is 6. The molecule has 1 heterocycles. The number of nitrogens with one attached hydrogen (secondary N) is 2. The van der Waals surface area contributed by atoms with Gasteiger partial charge in [-0.3, -0.25) is 9.59 Å². The number of ether oxygens (including phenoxy) is 2. The molecule has 0 radical (unpaired) electrons. The zero-order valence-corrected chi connectivity index (χ0v) is 10.7. The first-order valence-electron chi connectivity index (χ1n) is 5.95. The molecular weight excluding hydrogens is 256 g/mol. The number of carbonyl (C=O) groups is 3. The van der Waals surface area contributed by atoms with Crippen LogP contribution in [0.15, 0.2) is 0 Å². The summed E-state index contributed by atoms with van der Waals surface area (Å²) in [6.45, 7) is 1.27. The molecule has 0 aromatic carbocycles. The minimum absolute atomic E-state index is 0.0126. The van der Waals surface area contributed by atoms with Crippen molar-refractivity contribution in [2.45, 2.75) is 24.9 Å². The monoisotopic (exact) mass is 274 g/mol. The van der Waals surface area contributed by atoms with Crippen LogP contribution in [0.5, 0.6) is 0 Å². The maximum absolute atomic E-state index is 11.8. The number of carboxylic acid groups (broad SMARTS) is 1. The molecule has 0 aromatic rings. The molecule has 0 spiro atoms. The topological polar surface area (TPSA) is 114 Å². The largest absolute Gasteiger partial charge is 0.480 e. The van der Waals surface area contributed by atoms with E-state index in [4.69, 9.17) is 9.84 Å². The molecule has 0 bridgehead atoms. The first kappa shape index (κ1) is 15.4. The van der Waals surface area contributed by atoms with Crippen molar-refractivity contribution in [2.24, 2.45) is 0 Å². The summed E-state index contributed by atoms with van der Waals surface area (Å²) < 4.78 is 9.54. The van der Waals surface area contributed by atoms with Crippen molar-refractivity contribution < 1.29 is 29.0 Å². The Morgan fingerprint density at radius 2 is 2.26 bits per heavy atom. The number of morpholine rings is 1. The Hall–Kier alpha value is -1.67. The number of aliphatic carboxylic acids is 1. The van der Waals surface area contributed by atoms with Crippen molar-refractivity contribution in [1.82, 2.24) is 10.6 Å². The standard InChI is InChI=1S/C11H18N2O6/c1-18-9(14)3-2-7(11(16)17)13-10(15)8-6-19-5-4-12-8/h7-8,12H,2-6H2,1H3,(H,13,15)(H,16,17)/t7-,8?/m1/s1. The molecule has 0 aliphatic carbocycles. The molecule has 1 aliphatic heterocycles. The van der Waals surface area contributed by atoms with E-state index in [9.17, 15) is 14.4 Å². The quantitative estimate of drug-likeness (QED) is 0.505. The van der Waals surface area contributed by atoms with Crippen LogP contribution >= 0.6 is 0 Å². The zero-order valence-electron chi connectivity index (χ0n) is 10.7. The van der Waals surface area contributed by atoms with Gasteiger partial charge in [-0.05, 0) is 6.42 Å². The van der Waals surface area contributed by atoms with E-state index in [2.05, 4.69) is 15.4 Å². The van der Waals surface area contributed by atoms with Crippen molar-refractivity contribution in [3.8, 4) is 0 Å². The van der Waals surface area contributed by atoms with Crippen LogP contribution in [0.2, 0.25) is 0 Å². The molecule has 1 unspecified atom stereocenters. The molecule has 0 aromatic heterocycles. The van der Waals surface area contributed by atoms with Crippen LogP contribution in [0.3, 0.4) is 0 Å². The number of carboxylic acids is 1. The fourth-order valence-electron chi connectivity index (χ4n) is 1.63. The van der Waals surface area contributed by atoms with Crippen molar-refractivity contribution in [3.63, 3.8) is 0 Å². The second-order valence-electron chi connectivity index (χ2n) is 4.10. The highest BCUT2D eigenvalue weighted by Gasteiger charge is 2.27. The van der Waals surface area contributed by atoms with E-state index in [1.807, 2.05) is 0 Å². The van der Waals surface area contributed by atoms with Gasteiger partial charge in [-0.25, -0.2) is 4.79 Å². The molecule has 1 rings (SSSR count). The molecule has 1 saturated heterocycles. The molecule has 1 fully saturated rings. The smallest absolute Gasteiger partial charge is 0.326 e. The van der Waals surface area contributed by atoms with E-state index >= 15 is 0 Å². The van der Waals surface area contributed by atoms with Gasteiger partial charge in [-0.15, -0.1) is 0 Å². The van der Waals surface area contributed by atoms with Gasteiger partial charge >= 0.3 is 11.9 Å². The van der Waals surface area contributed by atoms with Gasteiger partial charge in [0.15, 0.2) is 0 Å². The van der Waals surface area contributed by atoms with Crippen LogP contribution in [-0.4, -0.2) is 61.9 Å². The molecule has 19 heavy (non-hydrogen) atoms. The van der Waals surface area contributed by atoms with E-state index < -0.39 is 29.9 Å². The lowest BCUT2D eigenvalue weighted by Crippen LogP contribution is -2.54. The van der Waals surface area contributed by atoms with Crippen molar-refractivity contribution in [3.05, 3.63) is 0 Å². The molecule has 1 amide bonds. The van der Waals surface area contributed by atoms with Gasteiger partial charge in [0.2, 0.25) is 5.91 Å². The molecule has 3 N–H and O–H groups in total. The second kappa shape index (κ2) is 7.70. The van der Waals surface area contributed by atoms with Gasteiger partial charge in [0.25, 0.3) is 0 Å². The predicted molar refractivity (Wildman–Crippen MR) is 63.4 cm³/mol. The van der Waals surface area contributed by atoms with Gasteiger partial charge in [0, 0.05) is 13.0 Å². The fourth-order valence-corrected chi connectivity index (χ4v) is 1.63. The Morgan fingerprint density at radius 1 is 1.53 bits per heavy atom. The Bertz CT molecular complexity index is 340. The molecule has 8 nitrogen and oxygen atoms in total. The summed E-state index contributed by atoms with van der Waals surface area (Å²) in [5.41, 5.74) is 0. The summed E-state index contributed by atoms with van der Waals surface area (Å²) in [5.74, 6) is -2.15. The Labute approximate surface area is 110 Å². The normalized spacial score (nSPS) is 20.4. The van der Waals surface area contributed by atoms with Gasteiger partial charge in [-0.1, -0.05) is 0 Å². The van der Waals surface area contributed by atoms with E-state index in [0.717, 1.165) is 0 Å². The maximum Gasteiger partial charge on any atom is 0.326 e. The number of hydrogen-bond acceptors (Lipinski definition) is 6. The Kier molecular flexibility index (Phi) is 6.23. The van der Waals surface area contributed by atoms with Crippen molar-refractivity contribution in [1.29, 1.82) is 0 Å². The third kappa shape index (κ3) is 5.23. The van der Waals surface area contributed by atoms with E-state index in [1.165, 1.54) is 7.11 Å². The van der Waals surface area contributed by atoms with E-state index in [1.54, 1.807) is 0 Å². The highest BCUT2D eigenvalue weighted by Crippen LogP contribution is 2.01. The van der Waals surface area contributed by atoms with Gasteiger partial charge in [0.05, 0.1) is 20.3 Å². The highest BCUT2D eigenvalue weighted by molar-refractivity contribution is 5.87. The first-order chi connectivity index (χ1) is 9.04. The van der Waals surface area contributed by atoms with Crippen molar-refractivity contribution in [2.75, 3.05) is 26.9 Å². The zero-order chi connectivity index (χ0) is 14.3. The molecule has 108 valence electrons. The highest BCUT2D eigenvalue weighted by atomic mass is 16.5. The second-order valence-corrected chi connectivity index (χ2v) is 4.10. The molecule has 0 saturated carbocycles. The third-order valence-corrected chi connectivity index (χ3v) is 2.72. The average Bonchev–Trinajstić information content (AvgIpc) is 2.43. The van der Waals surface area contributed by atoms with Crippen LogP contribution in [0, 0.1) is 0 Å². The molecule has 1 aliphatic rings. The lowest BCUT2D eigenvalue weighted by Gasteiger charge is -2.24. The predicted octanol–water partition coefficient (Wildman–Crippen LogP) is -1.50. The summed E-state index contributed by atoms with van der Waals surface area (Å²) in [6, 6.07) is -1.68. The van der Waals surface area contributed by atoms with Crippen LogP contribution in [0.1, 0.15) is 12.8 Å². The van der Waals surface area contributed by atoms with Crippen LogP contribution in [-0.2, 0) is 23.9 Å². The molecule has 2 atom stereocenters. The fraction of sp³-hybridized carbons (Fsp3) is 0.727.